The number of piperidine rings is 1. The predicted octanol–water partition coefficient (Wildman–Crippen LogP) is 1.21. The number of carbonyl (C=O) groups excluding carboxylic acids is 1. The van der Waals surface area contributed by atoms with Crippen molar-refractivity contribution in [1.82, 2.24) is 9.88 Å². The molecule has 1 fully saturated rings. The van der Waals surface area contributed by atoms with Crippen molar-refractivity contribution in [2.45, 2.75) is 38.7 Å². The highest BCUT2D eigenvalue weighted by Crippen LogP contribution is 2.16. The van der Waals surface area contributed by atoms with E-state index in [0.29, 0.717) is 37.3 Å². The van der Waals surface area contributed by atoms with E-state index in [0.717, 1.165) is 18.5 Å². The van der Waals surface area contributed by atoms with E-state index in [1.54, 1.807) is 11.0 Å². The third-order valence-electron chi connectivity index (χ3n) is 3.40. The number of nitrogen functional groups attached to an aromatic ring is 1. The number of anilines is 1. The summed E-state index contributed by atoms with van der Waals surface area (Å²) in [5.41, 5.74) is 7.23. The maximum atomic E-state index is 12.4. The first-order valence-corrected chi connectivity index (χ1v) is 6.84. The van der Waals surface area contributed by atoms with E-state index in [9.17, 15) is 9.90 Å². The molecule has 1 aromatic heterocycles. The van der Waals surface area contributed by atoms with Gasteiger partial charge in [0.05, 0.1) is 6.10 Å². The summed E-state index contributed by atoms with van der Waals surface area (Å²) in [6.45, 7) is 3.27. The van der Waals surface area contributed by atoms with Crippen molar-refractivity contribution < 1.29 is 9.90 Å². The van der Waals surface area contributed by atoms with Gasteiger partial charge < -0.3 is 15.7 Å². The third-order valence-corrected chi connectivity index (χ3v) is 3.40. The van der Waals surface area contributed by atoms with E-state index in [4.69, 9.17) is 5.73 Å². The molecule has 0 bridgehead atoms. The van der Waals surface area contributed by atoms with Crippen LogP contribution in [-0.4, -0.2) is 40.1 Å². The van der Waals surface area contributed by atoms with E-state index in [-0.39, 0.29) is 12.0 Å². The summed E-state index contributed by atoms with van der Waals surface area (Å²) in [5, 5.41) is 9.47. The Balaban J connectivity index is 2.14. The van der Waals surface area contributed by atoms with Gasteiger partial charge in [0.2, 0.25) is 0 Å². The molecule has 1 saturated heterocycles. The van der Waals surface area contributed by atoms with Crippen molar-refractivity contribution in [3.05, 3.63) is 23.4 Å². The van der Waals surface area contributed by atoms with E-state index in [1.807, 2.05) is 6.07 Å². The largest absolute Gasteiger partial charge is 0.393 e. The van der Waals surface area contributed by atoms with Gasteiger partial charge in [0, 0.05) is 24.3 Å². The highest BCUT2D eigenvalue weighted by Gasteiger charge is 2.22. The Labute approximate surface area is 113 Å². The van der Waals surface area contributed by atoms with Crippen LogP contribution in [-0.2, 0) is 6.42 Å². The summed E-state index contributed by atoms with van der Waals surface area (Å²) in [6, 6.07) is 3.46. The second-order valence-corrected chi connectivity index (χ2v) is 5.05. The number of pyridine rings is 1. The van der Waals surface area contributed by atoms with Crippen LogP contribution < -0.4 is 5.73 Å². The lowest BCUT2D eigenvalue weighted by Crippen LogP contribution is -2.40. The number of nitrogens with two attached hydrogens (primary N) is 1. The second-order valence-electron chi connectivity index (χ2n) is 5.05. The van der Waals surface area contributed by atoms with Crippen LogP contribution in [0.15, 0.2) is 12.1 Å². The van der Waals surface area contributed by atoms with Crippen LogP contribution in [0.3, 0.4) is 0 Å². The molecule has 0 aliphatic carbocycles. The Morgan fingerprint density at radius 3 is 2.79 bits per heavy atom. The summed E-state index contributed by atoms with van der Waals surface area (Å²) < 4.78 is 0. The van der Waals surface area contributed by atoms with Crippen LogP contribution in [0.5, 0.6) is 0 Å². The zero-order valence-corrected chi connectivity index (χ0v) is 11.3. The van der Waals surface area contributed by atoms with E-state index < -0.39 is 0 Å². The first kappa shape index (κ1) is 13.8. The fourth-order valence-electron chi connectivity index (χ4n) is 2.37. The van der Waals surface area contributed by atoms with E-state index >= 15 is 0 Å². The molecule has 0 unspecified atom stereocenters. The average molecular weight is 263 g/mol. The minimum Gasteiger partial charge on any atom is -0.393 e. The number of hydrogen-bond acceptors (Lipinski definition) is 4. The fourth-order valence-corrected chi connectivity index (χ4v) is 2.37. The van der Waals surface area contributed by atoms with Crippen molar-refractivity contribution >= 4 is 11.7 Å². The SMILES string of the molecule is CCCc1cc(C(=O)N2CCC(O)CC2)cc(N)n1. The van der Waals surface area contributed by atoms with Gasteiger partial charge in [0.25, 0.3) is 5.91 Å². The van der Waals surface area contributed by atoms with Gasteiger partial charge in [-0.1, -0.05) is 13.3 Å². The Hall–Kier alpha value is -1.62. The minimum absolute atomic E-state index is 0.0154. The molecule has 104 valence electrons. The number of hydrogen-bond donors (Lipinski definition) is 2. The summed E-state index contributed by atoms with van der Waals surface area (Å²) in [4.78, 5) is 18.4. The molecule has 19 heavy (non-hydrogen) atoms. The van der Waals surface area contributed by atoms with Crippen molar-refractivity contribution in [2.75, 3.05) is 18.8 Å². The van der Waals surface area contributed by atoms with Crippen LogP contribution in [0.4, 0.5) is 5.82 Å². The molecule has 2 rings (SSSR count). The van der Waals surface area contributed by atoms with Gasteiger partial charge >= 0.3 is 0 Å². The fraction of sp³-hybridized carbons (Fsp3) is 0.571. The lowest BCUT2D eigenvalue weighted by Gasteiger charge is -2.29. The molecule has 0 radical (unpaired) electrons. The number of carbonyl (C=O) groups is 1. The maximum absolute atomic E-state index is 12.4. The molecule has 0 saturated carbocycles. The van der Waals surface area contributed by atoms with Crippen LogP contribution >= 0.6 is 0 Å². The van der Waals surface area contributed by atoms with Gasteiger partial charge in [0.1, 0.15) is 5.82 Å². The number of likely N-dealkylation sites (tertiary alicyclic amines) is 1. The Bertz CT molecular complexity index is 454. The molecule has 2 heterocycles. The maximum Gasteiger partial charge on any atom is 0.254 e. The molecule has 1 aliphatic heterocycles. The van der Waals surface area contributed by atoms with Crippen molar-refractivity contribution in [3.8, 4) is 0 Å². The third kappa shape index (κ3) is 3.44. The van der Waals surface area contributed by atoms with Crippen molar-refractivity contribution in [3.63, 3.8) is 0 Å². The standard InChI is InChI=1S/C14H21N3O2/c1-2-3-11-8-10(9-13(15)16-11)14(19)17-6-4-12(18)5-7-17/h8-9,12,18H,2-7H2,1H3,(H2,15,16). The van der Waals surface area contributed by atoms with Crippen molar-refractivity contribution in [2.24, 2.45) is 0 Å². The Kier molecular flexibility index (Phi) is 4.37. The molecule has 5 heteroatoms. The predicted molar refractivity (Wildman–Crippen MR) is 73.8 cm³/mol. The van der Waals surface area contributed by atoms with Crippen LogP contribution in [0.25, 0.3) is 0 Å². The summed E-state index contributed by atoms with van der Waals surface area (Å²) in [6.07, 6.45) is 2.81. The summed E-state index contributed by atoms with van der Waals surface area (Å²) >= 11 is 0. The van der Waals surface area contributed by atoms with E-state index in [1.165, 1.54) is 0 Å². The number of rotatable bonds is 3. The molecule has 1 amide bonds. The smallest absolute Gasteiger partial charge is 0.254 e. The van der Waals surface area contributed by atoms with Gasteiger partial charge in [-0.15, -0.1) is 0 Å². The van der Waals surface area contributed by atoms with Crippen molar-refractivity contribution in [1.29, 1.82) is 0 Å². The lowest BCUT2D eigenvalue weighted by molar-refractivity contribution is 0.0546. The first-order valence-electron chi connectivity index (χ1n) is 6.84. The molecular weight excluding hydrogens is 242 g/mol. The van der Waals surface area contributed by atoms with E-state index in [2.05, 4.69) is 11.9 Å². The monoisotopic (exact) mass is 263 g/mol. The molecule has 1 aliphatic rings. The van der Waals surface area contributed by atoms with Gasteiger partial charge in [-0.05, 0) is 31.4 Å². The number of amides is 1. The van der Waals surface area contributed by atoms with Gasteiger partial charge in [0.15, 0.2) is 0 Å². The highest BCUT2D eigenvalue weighted by atomic mass is 16.3. The molecular formula is C14H21N3O2. The topological polar surface area (TPSA) is 79.5 Å². The molecule has 5 nitrogen and oxygen atoms in total. The van der Waals surface area contributed by atoms with Crippen LogP contribution in [0.2, 0.25) is 0 Å². The second kappa shape index (κ2) is 6.02. The quantitative estimate of drug-likeness (QED) is 0.859. The molecule has 0 aromatic carbocycles. The Morgan fingerprint density at radius 1 is 1.47 bits per heavy atom. The normalized spacial score (nSPS) is 16.6. The number of aryl methyl sites for hydroxylation is 1. The van der Waals surface area contributed by atoms with Crippen LogP contribution in [0, 0.1) is 0 Å². The Morgan fingerprint density at radius 2 is 2.16 bits per heavy atom. The number of aliphatic hydroxyl groups excluding tert-OH is 1. The highest BCUT2D eigenvalue weighted by molar-refractivity contribution is 5.95. The molecule has 1 aromatic rings. The number of nitrogens with zero attached hydrogens (tertiary/aromatic N) is 2. The van der Waals surface area contributed by atoms with Gasteiger partial charge in [-0.3, -0.25) is 4.79 Å². The van der Waals surface area contributed by atoms with Gasteiger partial charge in [-0.2, -0.15) is 0 Å². The number of aliphatic hydroxyl groups is 1. The zero-order chi connectivity index (χ0) is 13.8. The average Bonchev–Trinajstić information content (AvgIpc) is 2.38. The number of aromatic nitrogens is 1. The summed E-state index contributed by atoms with van der Waals surface area (Å²) in [5.74, 6) is 0.379. The zero-order valence-electron chi connectivity index (χ0n) is 11.3. The minimum atomic E-state index is -0.276. The molecule has 0 spiro atoms. The lowest BCUT2D eigenvalue weighted by atomic mass is 10.1. The molecule has 3 N–H and O–H groups in total. The van der Waals surface area contributed by atoms with Gasteiger partial charge in [-0.25, -0.2) is 4.98 Å². The van der Waals surface area contributed by atoms with Crippen LogP contribution in [0.1, 0.15) is 42.2 Å². The molecule has 0 atom stereocenters. The summed E-state index contributed by atoms with van der Waals surface area (Å²) in [7, 11) is 0. The first-order chi connectivity index (χ1) is 9.10.